The van der Waals surface area contributed by atoms with Crippen LogP contribution in [0.2, 0.25) is 0 Å². The summed E-state index contributed by atoms with van der Waals surface area (Å²) >= 11 is 1.79. The highest BCUT2D eigenvalue weighted by atomic mass is 32.2. The fraction of sp³-hybridized carbons (Fsp3) is 0.562. The normalized spacial score (nSPS) is 26.1. The molecule has 4 heteroatoms. The molecule has 2 unspecified atom stereocenters. The van der Waals surface area contributed by atoms with E-state index in [-0.39, 0.29) is 17.2 Å². The van der Waals surface area contributed by atoms with E-state index in [0.29, 0.717) is 6.54 Å². The van der Waals surface area contributed by atoms with Gasteiger partial charge >= 0.3 is 0 Å². The number of carbonyl (C=O) groups excluding carboxylic acids is 1. The zero-order valence-corrected chi connectivity index (χ0v) is 12.6. The van der Waals surface area contributed by atoms with Crippen LogP contribution in [0.5, 0.6) is 0 Å². The monoisotopic (exact) mass is 290 g/mol. The van der Waals surface area contributed by atoms with Gasteiger partial charge in [0.05, 0.1) is 0 Å². The largest absolute Gasteiger partial charge is 0.337 e. The number of fused-ring (bicyclic) bond motifs is 1. The van der Waals surface area contributed by atoms with Gasteiger partial charge in [-0.15, -0.1) is 11.8 Å². The van der Waals surface area contributed by atoms with Gasteiger partial charge in [0.15, 0.2) is 0 Å². The van der Waals surface area contributed by atoms with Gasteiger partial charge in [0.2, 0.25) is 5.91 Å². The number of likely N-dealkylation sites (tertiary alicyclic amines) is 1. The van der Waals surface area contributed by atoms with Crippen molar-refractivity contribution >= 4 is 17.7 Å². The van der Waals surface area contributed by atoms with E-state index in [0.717, 1.165) is 31.6 Å². The van der Waals surface area contributed by atoms with Crippen molar-refractivity contribution in [2.45, 2.75) is 37.0 Å². The molecule has 2 heterocycles. The van der Waals surface area contributed by atoms with Gasteiger partial charge in [-0.25, -0.2) is 0 Å². The van der Waals surface area contributed by atoms with E-state index in [4.69, 9.17) is 5.73 Å². The average Bonchev–Trinajstić information content (AvgIpc) is 2.53. The minimum absolute atomic E-state index is 0.0212. The predicted molar refractivity (Wildman–Crippen MR) is 83.8 cm³/mol. The number of amides is 1. The van der Waals surface area contributed by atoms with Gasteiger partial charge < -0.3 is 10.6 Å². The van der Waals surface area contributed by atoms with Crippen LogP contribution in [0.1, 0.15) is 35.6 Å². The van der Waals surface area contributed by atoms with Crippen molar-refractivity contribution in [2.24, 2.45) is 5.73 Å². The van der Waals surface area contributed by atoms with Gasteiger partial charge in [-0.3, -0.25) is 4.79 Å². The van der Waals surface area contributed by atoms with Crippen LogP contribution in [0.3, 0.4) is 0 Å². The summed E-state index contributed by atoms with van der Waals surface area (Å²) in [4.78, 5) is 15.0. The molecule has 2 N–H and O–H groups in total. The Hall–Kier alpha value is -1.00. The molecular formula is C16H22N2OS. The zero-order valence-electron chi connectivity index (χ0n) is 11.8. The van der Waals surface area contributed by atoms with Gasteiger partial charge in [-0.2, -0.15) is 0 Å². The van der Waals surface area contributed by atoms with Crippen molar-refractivity contribution in [2.75, 3.05) is 18.8 Å². The minimum atomic E-state index is -0.0212. The Labute approximate surface area is 124 Å². The Kier molecular flexibility index (Phi) is 4.32. The lowest BCUT2D eigenvalue weighted by Crippen LogP contribution is -2.49. The summed E-state index contributed by atoms with van der Waals surface area (Å²) in [7, 11) is 0. The minimum Gasteiger partial charge on any atom is -0.337 e. The highest BCUT2D eigenvalue weighted by Crippen LogP contribution is 2.38. The molecule has 3 nitrogen and oxygen atoms in total. The van der Waals surface area contributed by atoms with E-state index in [1.54, 1.807) is 11.8 Å². The molecule has 0 bridgehead atoms. The van der Waals surface area contributed by atoms with Crippen LogP contribution in [-0.2, 0) is 11.2 Å². The Morgan fingerprint density at radius 3 is 3.05 bits per heavy atom. The summed E-state index contributed by atoms with van der Waals surface area (Å²) < 4.78 is 0. The molecule has 0 aromatic heterocycles. The Morgan fingerprint density at radius 1 is 1.35 bits per heavy atom. The molecule has 2 aliphatic rings. The van der Waals surface area contributed by atoms with E-state index in [1.807, 2.05) is 11.0 Å². The van der Waals surface area contributed by atoms with Crippen LogP contribution in [0.25, 0.3) is 0 Å². The highest BCUT2D eigenvalue weighted by molar-refractivity contribution is 8.00. The summed E-state index contributed by atoms with van der Waals surface area (Å²) in [5, 5.41) is -0.0212. The summed E-state index contributed by atoms with van der Waals surface area (Å²) in [5.41, 5.74) is 8.41. The fourth-order valence-corrected chi connectivity index (χ4v) is 4.55. The van der Waals surface area contributed by atoms with Gasteiger partial charge in [0.25, 0.3) is 0 Å². The molecule has 1 fully saturated rings. The maximum atomic E-state index is 12.9. The first-order valence-electron chi connectivity index (χ1n) is 7.51. The standard InChI is InChI=1S/C16H22N2OS/c17-11-13-6-3-4-9-18(13)16(19)15-14-7-2-1-5-12(14)8-10-20-15/h1-2,5,7,13,15H,3-4,6,8-11,17H2. The lowest BCUT2D eigenvalue weighted by atomic mass is 9.98. The summed E-state index contributed by atoms with van der Waals surface area (Å²) in [6.07, 6.45) is 4.44. The molecule has 0 aliphatic carbocycles. The van der Waals surface area contributed by atoms with Crippen molar-refractivity contribution in [3.8, 4) is 0 Å². The summed E-state index contributed by atoms with van der Waals surface area (Å²) in [6.45, 7) is 1.46. The number of thioether (sulfide) groups is 1. The Balaban J connectivity index is 1.84. The number of carbonyl (C=O) groups is 1. The van der Waals surface area contributed by atoms with Crippen molar-refractivity contribution in [1.82, 2.24) is 4.90 Å². The first-order chi connectivity index (χ1) is 9.81. The molecule has 2 aliphatic heterocycles. The second-order valence-corrected chi connectivity index (χ2v) is 6.83. The molecular weight excluding hydrogens is 268 g/mol. The number of benzene rings is 1. The molecule has 1 amide bonds. The number of nitrogens with zero attached hydrogens (tertiary/aromatic N) is 1. The predicted octanol–water partition coefficient (Wildman–Crippen LogP) is 2.36. The fourth-order valence-electron chi connectivity index (χ4n) is 3.28. The van der Waals surface area contributed by atoms with E-state index in [9.17, 15) is 4.79 Å². The quantitative estimate of drug-likeness (QED) is 0.909. The molecule has 3 rings (SSSR count). The highest BCUT2D eigenvalue weighted by Gasteiger charge is 2.34. The van der Waals surface area contributed by atoms with E-state index in [1.165, 1.54) is 17.5 Å². The SMILES string of the molecule is NCC1CCCCN1C(=O)C1SCCc2ccccc21. The van der Waals surface area contributed by atoms with Crippen molar-refractivity contribution < 1.29 is 4.79 Å². The van der Waals surface area contributed by atoms with Crippen LogP contribution >= 0.6 is 11.8 Å². The van der Waals surface area contributed by atoms with Crippen LogP contribution in [-0.4, -0.2) is 35.7 Å². The number of hydrogen-bond donors (Lipinski definition) is 1. The smallest absolute Gasteiger partial charge is 0.240 e. The molecule has 0 spiro atoms. The first-order valence-corrected chi connectivity index (χ1v) is 8.56. The number of piperidine rings is 1. The molecule has 20 heavy (non-hydrogen) atoms. The van der Waals surface area contributed by atoms with Crippen LogP contribution < -0.4 is 5.73 Å². The topological polar surface area (TPSA) is 46.3 Å². The third kappa shape index (κ3) is 2.59. The average molecular weight is 290 g/mol. The van der Waals surface area contributed by atoms with E-state index >= 15 is 0 Å². The molecule has 1 aromatic rings. The molecule has 108 valence electrons. The number of aryl methyl sites for hydroxylation is 1. The van der Waals surface area contributed by atoms with Gasteiger partial charge in [0.1, 0.15) is 5.25 Å². The second kappa shape index (κ2) is 6.19. The number of rotatable bonds is 2. The van der Waals surface area contributed by atoms with Crippen molar-refractivity contribution in [3.63, 3.8) is 0 Å². The second-order valence-electron chi connectivity index (χ2n) is 5.62. The maximum Gasteiger partial charge on any atom is 0.240 e. The first kappa shape index (κ1) is 14.0. The molecule has 1 saturated heterocycles. The molecule has 1 aromatic carbocycles. The maximum absolute atomic E-state index is 12.9. The zero-order chi connectivity index (χ0) is 13.9. The molecule has 0 saturated carbocycles. The third-order valence-electron chi connectivity index (χ3n) is 4.40. The van der Waals surface area contributed by atoms with E-state index < -0.39 is 0 Å². The van der Waals surface area contributed by atoms with Crippen molar-refractivity contribution in [1.29, 1.82) is 0 Å². The third-order valence-corrected chi connectivity index (χ3v) is 5.63. The van der Waals surface area contributed by atoms with Gasteiger partial charge in [-0.1, -0.05) is 24.3 Å². The summed E-state index contributed by atoms with van der Waals surface area (Å²) in [6, 6.07) is 8.63. The van der Waals surface area contributed by atoms with Crippen LogP contribution in [0.4, 0.5) is 0 Å². The Bertz CT molecular complexity index is 491. The van der Waals surface area contributed by atoms with Crippen molar-refractivity contribution in [3.05, 3.63) is 35.4 Å². The molecule has 0 radical (unpaired) electrons. The van der Waals surface area contributed by atoms with Gasteiger partial charge in [0, 0.05) is 19.1 Å². The lowest BCUT2D eigenvalue weighted by molar-refractivity contribution is -0.134. The lowest BCUT2D eigenvalue weighted by Gasteiger charge is -2.38. The Morgan fingerprint density at radius 2 is 2.20 bits per heavy atom. The van der Waals surface area contributed by atoms with Crippen LogP contribution in [0, 0.1) is 0 Å². The van der Waals surface area contributed by atoms with Gasteiger partial charge in [-0.05, 0) is 42.6 Å². The summed E-state index contributed by atoms with van der Waals surface area (Å²) in [5.74, 6) is 1.31. The number of nitrogens with two attached hydrogens (primary N) is 1. The molecule has 2 atom stereocenters. The number of hydrogen-bond acceptors (Lipinski definition) is 3. The van der Waals surface area contributed by atoms with Crippen LogP contribution in [0.15, 0.2) is 24.3 Å². The van der Waals surface area contributed by atoms with E-state index in [2.05, 4.69) is 18.2 Å².